The third kappa shape index (κ3) is 3.43. The molecule has 1 aliphatic heterocycles. The van der Waals surface area contributed by atoms with Crippen molar-refractivity contribution < 1.29 is 14.3 Å². The van der Waals surface area contributed by atoms with Crippen molar-refractivity contribution in [2.75, 3.05) is 13.7 Å². The van der Waals surface area contributed by atoms with Gasteiger partial charge in [-0.15, -0.1) is 0 Å². The number of methoxy groups -OCH3 is 1. The van der Waals surface area contributed by atoms with E-state index in [-0.39, 0.29) is 30.0 Å². The molecule has 1 unspecified atom stereocenters. The number of amides is 2. The van der Waals surface area contributed by atoms with Gasteiger partial charge in [-0.05, 0) is 13.3 Å². The summed E-state index contributed by atoms with van der Waals surface area (Å²) in [4.78, 5) is 25.1. The molecule has 1 heterocycles. The monoisotopic (exact) mass is 242 g/mol. The molecular formula is C12H22N2O3. The van der Waals surface area contributed by atoms with Gasteiger partial charge in [0.15, 0.2) is 0 Å². The number of ether oxygens (including phenoxy) is 1. The highest BCUT2D eigenvalue weighted by molar-refractivity contribution is 5.87. The fourth-order valence-corrected chi connectivity index (χ4v) is 2.01. The van der Waals surface area contributed by atoms with Gasteiger partial charge in [-0.2, -0.15) is 0 Å². The maximum atomic E-state index is 12.0. The average molecular weight is 242 g/mol. The Labute approximate surface area is 102 Å². The first-order valence-corrected chi connectivity index (χ1v) is 6.10. The lowest BCUT2D eigenvalue weighted by Gasteiger charge is -2.23. The Bertz CT molecular complexity index is 293. The summed E-state index contributed by atoms with van der Waals surface area (Å²) in [5.74, 6) is -0.150. The minimum absolute atomic E-state index is 0.0356. The van der Waals surface area contributed by atoms with Crippen LogP contribution in [0.25, 0.3) is 0 Å². The van der Waals surface area contributed by atoms with Crippen molar-refractivity contribution >= 4 is 11.8 Å². The molecule has 1 fully saturated rings. The summed E-state index contributed by atoms with van der Waals surface area (Å²) >= 11 is 0. The van der Waals surface area contributed by atoms with Crippen LogP contribution in [0.15, 0.2) is 0 Å². The Morgan fingerprint density at radius 2 is 2.18 bits per heavy atom. The van der Waals surface area contributed by atoms with Gasteiger partial charge < -0.3 is 15.0 Å². The third-order valence-electron chi connectivity index (χ3n) is 3.30. The molecule has 0 radical (unpaired) electrons. The molecular weight excluding hydrogens is 220 g/mol. The van der Waals surface area contributed by atoms with Crippen LogP contribution >= 0.6 is 0 Å². The van der Waals surface area contributed by atoms with E-state index in [4.69, 9.17) is 4.74 Å². The largest absolute Gasteiger partial charge is 0.380 e. The summed E-state index contributed by atoms with van der Waals surface area (Å²) in [7, 11) is 1.61. The number of hydrogen-bond acceptors (Lipinski definition) is 3. The van der Waals surface area contributed by atoms with Crippen LogP contribution in [0.2, 0.25) is 0 Å². The molecule has 0 aromatic carbocycles. The Morgan fingerprint density at radius 3 is 2.65 bits per heavy atom. The lowest BCUT2D eigenvalue weighted by atomic mass is 10.1. The van der Waals surface area contributed by atoms with E-state index in [2.05, 4.69) is 5.32 Å². The minimum Gasteiger partial charge on any atom is -0.380 e. The summed E-state index contributed by atoms with van der Waals surface area (Å²) in [6.45, 7) is 5.96. The molecule has 0 aromatic rings. The molecule has 5 heteroatoms. The number of nitrogens with zero attached hydrogens (tertiary/aromatic N) is 1. The van der Waals surface area contributed by atoms with E-state index in [0.717, 1.165) is 6.42 Å². The Balaban J connectivity index is 2.66. The van der Waals surface area contributed by atoms with Crippen molar-refractivity contribution in [1.29, 1.82) is 0 Å². The lowest BCUT2D eigenvalue weighted by molar-refractivity contribution is -0.137. The second-order valence-corrected chi connectivity index (χ2v) is 4.60. The number of nitrogens with one attached hydrogen (secondary N) is 1. The Kier molecular flexibility index (Phi) is 4.93. The minimum atomic E-state index is -0.383. The van der Waals surface area contributed by atoms with Gasteiger partial charge in [0.25, 0.3) is 0 Å². The van der Waals surface area contributed by atoms with Gasteiger partial charge >= 0.3 is 0 Å². The van der Waals surface area contributed by atoms with E-state index in [1.807, 2.05) is 13.8 Å². The molecule has 1 aliphatic rings. The van der Waals surface area contributed by atoms with Crippen LogP contribution in [0.5, 0.6) is 0 Å². The van der Waals surface area contributed by atoms with Gasteiger partial charge in [0.05, 0.1) is 6.10 Å². The molecule has 1 rings (SSSR count). The first-order valence-electron chi connectivity index (χ1n) is 6.10. The quantitative estimate of drug-likeness (QED) is 0.782. The van der Waals surface area contributed by atoms with Gasteiger partial charge in [0.2, 0.25) is 11.8 Å². The first kappa shape index (κ1) is 14.0. The van der Waals surface area contributed by atoms with Crippen molar-refractivity contribution in [3.63, 3.8) is 0 Å². The van der Waals surface area contributed by atoms with Crippen LogP contribution in [-0.2, 0) is 14.3 Å². The van der Waals surface area contributed by atoms with Gasteiger partial charge in [0, 0.05) is 33.0 Å². The molecule has 3 atom stereocenters. The summed E-state index contributed by atoms with van der Waals surface area (Å²) in [5.41, 5.74) is 0. The highest BCUT2D eigenvalue weighted by Gasteiger charge is 2.38. The Hall–Kier alpha value is -1.10. The molecule has 0 spiro atoms. The van der Waals surface area contributed by atoms with Crippen molar-refractivity contribution in [1.82, 2.24) is 10.2 Å². The topological polar surface area (TPSA) is 58.6 Å². The molecule has 0 bridgehead atoms. The maximum Gasteiger partial charge on any atom is 0.243 e. The van der Waals surface area contributed by atoms with E-state index in [9.17, 15) is 9.59 Å². The zero-order chi connectivity index (χ0) is 13.0. The normalized spacial score (nSPS) is 25.8. The van der Waals surface area contributed by atoms with Gasteiger partial charge in [-0.1, -0.05) is 6.92 Å². The molecule has 0 saturated carbocycles. The lowest BCUT2D eigenvalue weighted by Crippen LogP contribution is -2.47. The average Bonchev–Trinajstić information content (AvgIpc) is 2.72. The predicted molar refractivity (Wildman–Crippen MR) is 64.5 cm³/mol. The van der Waals surface area contributed by atoms with Crippen LogP contribution < -0.4 is 5.32 Å². The fourth-order valence-electron chi connectivity index (χ4n) is 2.01. The summed E-state index contributed by atoms with van der Waals surface area (Å²) in [6, 6.07) is -0.246. The highest BCUT2D eigenvalue weighted by atomic mass is 16.5. The van der Waals surface area contributed by atoms with Gasteiger partial charge in [0.1, 0.15) is 6.04 Å². The molecule has 2 amide bonds. The molecule has 17 heavy (non-hydrogen) atoms. The molecule has 5 nitrogen and oxygen atoms in total. The number of carbonyl (C=O) groups is 2. The van der Waals surface area contributed by atoms with E-state index in [1.165, 1.54) is 6.92 Å². The molecule has 0 aliphatic carbocycles. The molecule has 98 valence electrons. The number of hydrogen-bond donors (Lipinski definition) is 1. The third-order valence-corrected chi connectivity index (χ3v) is 3.30. The smallest absolute Gasteiger partial charge is 0.243 e. The second kappa shape index (κ2) is 6.00. The number of rotatable bonds is 4. The standard InChI is InChI=1S/C12H22N2O3/c1-5-8(2)13-12(16)11-6-10(17-4)7-14(11)9(3)15/h8,10-11H,5-7H2,1-4H3,(H,13,16)/t8?,10-,11+/m0/s1. The maximum absolute atomic E-state index is 12.0. The number of likely N-dealkylation sites (tertiary alicyclic amines) is 1. The zero-order valence-electron chi connectivity index (χ0n) is 11.0. The SMILES string of the molecule is CCC(C)NC(=O)[C@H]1C[C@H](OC)CN1C(C)=O. The van der Waals surface area contributed by atoms with E-state index in [1.54, 1.807) is 12.0 Å². The van der Waals surface area contributed by atoms with E-state index >= 15 is 0 Å². The van der Waals surface area contributed by atoms with Crippen LogP contribution in [0.1, 0.15) is 33.6 Å². The van der Waals surface area contributed by atoms with Crippen molar-refractivity contribution in [3.8, 4) is 0 Å². The molecule has 1 N–H and O–H groups in total. The first-order chi connectivity index (χ1) is 7.99. The van der Waals surface area contributed by atoms with Crippen molar-refractivity contribution in [2.24, 2.45) is 0 Å². The van der Waals surface area contributed by atoms with Crippen LogP contribution in [0, 0.1) is 0 Å². The number of carbonyl (C=O) groups excluding carboxylic acids is 2. The predicted octanol–water partition coefficient (Wildman–Crippen LogP) is 0.537. The van der Waals surface area contributed by atoms with E-state index in [0.29, 0.717) is 13.0 Å². The second-order valence-electron chi connectivity index (χ2n) is 4.60. The van der Waals surface area contributed by atoms with Gasteiger partial charge in [-0.3, -0.25) is 9.59 Å². The molecule has 0 aromatic heterocycles. The van der Waals surface area contributed by atoms with Crippen LogP contribution in [0.3, 0.4) is 0 Å². The summed E-state index contributed by atoms with van der Waals surface area (Å²) < 4.78 is 5.23. The fraction of sp³-hybridized carbons (Fsp3) is 0.833. The van der Waals surface area contributed by atoms with Crippen LogP contribution in [-0.4, -0.2) is 48.6 Å². The molecule has 1 saturated heterocycles. The summed E-state index contributed by atoms with van der Waals surface area (Å²) in [6.07, 6.45) is 1.43. The van der Waals surface area contributed by atoms with Crippen LogP contribution in [0.4, 0.5) is 0 Å². The van der Waals surface area contributed by atoms with E-state index < -0.39 is 0 Å². The summed E-state index contributed by atoms with van der Waals surface area (Å²) in [5, 5.41) is 2.91. The van der Waals surface area contributed by atoms with Crippen molar-refractivity contribution in [2.45, 2.75) is 51.8 Å². The zero-order valence-corrected chi connectivity index (χ0v) is 11.0. The highest BCUT2D eigenvalue weighted by Crippen LogP contribution is 2.20. The van der Waals surface area contributed by atoms with Gasteiger partial charge in [-0.25, -0.2) is 0 Å². The Morgan fingerprint density at radius 1 is 1.53 bits per heavy atom. The van der Waals surface area contributed by atoms with Crippen molar-refractivity contribution in [3.05, 3.63) is 0 Å².